The zero-order valence-electron chi connectivity index (χ0n) is 17.6. The zero-order valence-corrected chi connectivity index (χ0v) is 17.6. The fraction of sp³-hybridized carbons (Fsp3) is 0.348. The Morgan fingerprint density at radius 2 is 1.81 bits per heavy atom. The van der Waals surface area contributed by atoms with Gasteiger partial charge in [-0.25, -0.2) is 8.78 Å². The lowest BCUT2D eigenvalue weighted by Gasteiger charge is -2.29. The first kappa shape index (κ1) is 21.1. The molecule has 2 aromatic heterocycles. The number of morpholine rings is 1. The number of halogens is 2. The molecule has 31 heavy (non-hydrogen) atoms. The van der Waals surface area contributed by atoms with Crippen molar-refractivity contribution in [1.29, 1.82) is 0 Å². The molecular formula is C23H25F2N3O3. The first-order valence-corrected chi connectivity index (χ1v) is 10.2. The largest absolute Gasteiger partial charge is 0.467 e. The van der Waals surface area contributed by atoms with E-state index in [1.54, 1.807) is 16.7 Å². The van der Waals surface area contributed by atoms with Crippen LogP contribution in [0.1, 0.15) is 33.1 Å². The molecule has 3 heterocycles. The van der Waals surface area contributed by atoms with Gasteiger partial charge in [-0.15, -0.1) is 0 Å². The van der Waals surface area contributed by atoms with Gasteiger partial charge < -0.3 is 23.9 Å². The summed E-state index contributed by atoms with van der Waals surface area (Å²) in [6.07, 6.45) is 1.54. The molecule has 4 rings (SSSR count). The number of furan rings is 1. The van der Waals surface area contributed by atoms with Crippen LogP contribution in [0.25, 0.3) is 0 Å². The minimum absolute atomic E-state index is 0.0748. The second kappa shape index (κ2) is 8.93. The molecule has 0 saturated carbocycles. The Morgan fingerprint density at radius 3 is 2.45 bits per heavy atom. The molecule has 8 heteroatoms. The van der Waals surface area contributed by atoms with Gasteiger partial charge in [0.15, 0.2) is 0 Å². The maximum absolute atomic E-state index is 14.4. The van der Waals surface area contributed by atoms with Crippen LogP contribution < -0.4 is 10.2 Å². The van der Waals surface area contributed by atoms with E-state index in [2.05, 4.69) is 10.2 Å². The summed E-state index contributed by atoms with van der Waals surface area (Å²) in [5, 5.41) is 2.86. The van der Waals surface area contributed by atoms with Gasteiger partial charge in [-0.3, -0.25) is 4.79 Å². The Bertz CT molecular complexity index is 1050. The molecule has 0 radical (unpaired) electrons. The zero-order chi connectivity index (χ0) is 22.0. The minimum Gasteiger partial charge on any atom is -0.467 e. The smallest absolute Gasteiger partial charge is 0.268 e. The maximum Gasteiger partial charge on any atom is 0.268 e. The average molecular weight is 429 g/mol. The second-order valence-electron chi connectivity index (χ2n) is 7.56. The quantitative estimate of drug-likeness (QED) is 0.648. The predicted molar refractivity (Wildman–Crippen MR) is 112 cm³/mol. The van der Waals surface area contributed by atoms with Crippen molar-refractivity contribution in [1.82, 2.24) is 9.88 Å². The van der Waals surface area contributed by atoms with Gasteiger partial charge in [-0.05, 0) is 38.1 Å². The summed E-state index contributed by atoms with van der Waals surface area (Å²) >= 11 is 0. The summed E-state index contributed by atoms with van der Waals surface area (Å²) in [5.41, 5.74) is 2.77. The number of hydrogen-bond donors (Lipinski definition) is 1. The molecule has 1 aliphatic rings. The Morgan fingerprint density at radius 1 is 1.10 bits per heavy atom. The normalized spacial score (nSPS) is 14.1. The molecule has 1 aliphatic heterocycles. The van der Waals surface area contributed by atoms with Crippen molar-refractivity contribution in [3.05, 3.63) is 76.5 Å². The van der Waals surface area contributed by atoms with Crippen molar-refractivity contribution < 1.29 is 22.7 Å². The van der Waals surface area contributed by atoms with Gasteiger partial charge in [-0.1, -0.05) is 6.07 Å². The van der Waals surface area contributed by atoms with E-state index in [-0.39, 0.29) is 24.6 Å². The number of rotatable bonds is 6. The lowest BCUT2D eigenvalue weighted by molar-refractivity contribution is 0.0938. The Hall–Kier alpha value is -3.13. The van der Waals surface area contributed by atoms with Crippen LogP contribution in [0.4, 0.5) is 14.5 Å². The van der Waals surface area contributed by atoms with Crippen molar-refractivity contribution in [2.45, 2.75) is 26.9 Å². The lowest BCUT2D eigenvalue weighted by Crippen LogP contribution is -2.36. The van der Waals surface area contributed by atoms with E-state index in [1.807, 2.05) is 13.8 Å². The maximum atomic E-state index is 14.4. The molecule has 0 aliphatic carbocycles. The summed E-state index contributed by atoms with van der Waals surface area (Å²) in [5.74, 6) is -0.983. The number of anilines is 1. The van der Waals surface area contributed by atoms with Gasteiger partial charge in [0, 0.05) is 29.9 Å². The van der Waals surface area contributed by atoms with E-state index in [0.29, 0.717) is 37.8 Å². The lowest BCUT2D eigenvalue weighted by atomic mass is 10.1. The highest BCUT2D eigenvalue weighted by Gasteiger charge is 2.28. The first-order chi connectivity index (χ1) is 15.0. The van der Waals surface area contributed by atoms with E-state index in [0.717, 1.165) is 16.9 Å². The van der Waals surface area contributed by atoms with Crippen LogP contribution in [0.5, 0.6) is 0 Å². The van der Waals surface area contributed by atoms with Gasteiger partial charge in [0.2, 0.25) is 0 Å². The molecule has 1 N–H and O–H groups in total. The number of carbonyl (C=O) groups excluding carboxylic acids is 1. The molecule has 164 valence electrons. The fourth-order valence-corrected chi connectivity index (χ4v) is 4.13. The molecule has 1 saturated heterocycles. The van der Waals surface area contributed by atoms with Crippen LogP contribution in [-0.2, 0) is 17.8 Å². The highest BCUT2D eigenvalue weighted by atomic mass is 19.1. The number of nitrogens with one attached hydrogen (secondary N) is 1. The predicted octanol–water partition coefficient (Wildman–Crippen LogP) is 3.79. The van der Waals surface area contributed by atoms with E-state index in [4.69, 9.17) is 9.15 Å². The van der Waals surface area contributed by atoms with Crippen molar-refractivity contribution in [3.8, 4) is 0 Å². The molecule has 6 nitrogen and oxygen atoms in total. The van der Waals surface area contributed by atoms with Crippen molar-refractivity contribution in [3.63, 3.8) is 0 Å². The van der Waals surface area contributed by atoms with Gasteiger partial charge in [0.1, 0.15) is 23.1 Å². The third-order valence-electron chi connectivity index (χ3n) is 5.65. The Kier molecular flexibility index (Phi) is 6.08. The third kappa shape index (κ3) is 4.20. The monoisotopic (exact) mass is 429 g/mol. The second-order valence-corrected chi connectivity index (χ2v) is 7.56. The molecule has 1 aromatic carbocycles. The number of ether oxygens (including phenoxy) is 1. The molecule has 0 unspecified atom stereocenters. The molecule has 1 amide bonds. The molecule has 1 fully saturated rings. The highest BCUT2D eigenvalue weighted by molar-refractivity contribution is 5.96. The summed E-state index contributed by atoms with van der Waals surface area (Å²) < 4.78 is 41.2. The standard InChI is InChI=1S/C23H25F2N3O3/c1-15-21(27-8-11-30-12-9-27)16(2)28(14-18-19(24)6-3-7-20(18)25)22(15)23(29)26-13-17-5-4-10-31-17/h3-7,10H,8-9,11-14H2,1-2H3,(H,26,29). The summed E-state index contributed by atoms with van der Waals surface area (Å²) in [6.45, 7) is 6.43. The van der Waals surface area contributed by atoms with Gasteiger partial charge in [0.05, 0.1) is 38.3 Å². The number of hydrogen-bond acceptors (Lipinski definition) is 4. The molecule has 0 bridgehead atoms. The Balaban J connectivity index is 1.74. The third-order valence-corrected chi connectivity index (χ3v) is 5.65. The van der Waals surface area contributed by atoms with Crippen molar-refractivity contribution in [2.75, 3.05) is 31.2 Å². The van der Waals surface area contributed by atoms with E-state index in [1.165, 1.54) is 24.5 Å². The van der Waals surface area contributed by atoms with Gasteiger partial charge >= 0.3 is 0 Å². The topological polar surface area (TPSA) is 59.6 Å². The van der Waals surface area contributed by atoms with Crippen molar-refractivity contribution in [2.24, 2.45) is 0 Å². The van der Waals surface area contributed by atoms with Crippen LogP contribution in [0, 0.1) is 25.5 Å². The Labute approximate surface area is 179 Å². The number of amides is 1. The molecular weight excluding hydrogens is 404 g/mol. The number of benzene rings is 1. The van der Waals surface area contributed by atoms with E-state index >= 15 is 0 Å². The van der Waals surface area contributed by atoms with E-state index < -0.39 is 11.6 Å². The van der Waals surface area contributed by atoms with Gasteiger partial charge in [0.25, 0.3) is 5.91 Å². The van der Waals surface area contributed by atoms with Crippen LogP contribution in [-0.4, -0.2) is 36.8 Å². The number of carbonyl (C=O) groups is 1. The summed E-state index contributed by atoms with van der Waals surface area (Å²) in [4.78, 5) is 15.3. The molecule has 0 atom stereocenters. The SMILES string of the molecule is Cc1c(N2CCOCC2)c(C)n(Cc2c(F)cccc2F)c1C(=O)NCc1ccco1. The van der Waals surface area contributed by atoms with Crippen LogP contribution >= 0.6 is 0 Å². The summed E-state index contributed by atoms with van der Waals surface area (Å²) in [7, 11) is 0. The number of nitrogens with zero attached hydrogens (tertiary/aromatic N) is 2. The minimum atomic E-state index is -0.638. The first-order valence-electron chi connectivity index (χ1n) is 10.2. The average Bonchev–Trinajstić information content (AvgIpc) is 3.36. The van der Waals surface area contributed by atoms with Crippen LogP contribution in [0.3, 0.4) is 0 Å². The van der Waals surface area contributed by atoms with Gasteiger partial charge in [-0.2, -0.15) is 0 Å². The molecule has 0 spiro atoms. The summed E-state index contributed by atoms with van der Waals surface area (Å²) in [6, 6.07) is 7.30. The fourth-order valence-electron chi connectivity index (χ4n) is 4.13. The van der Waals surface area contributed by atoms with Crippen LogP contribution in [0.15, 0.2) is 41.0 Å². The highest BCUT2D eigenvalue weighted by Crippen LogP contribution is 2.33. The van der Waals surface area contributed by atoms with Crippen molar-refractivity contribution >= 4 is 11.6 Å². The molecule has 3 aromatic rings. The van der Waals surface area contributed by atoms with Crippen LogP contribution in [0.2, 0.25) is 0 Å². The number of aromatic nitrogens is 1. The van der Waals surface area contributed by atoms with E-state index in [9.17, 15) is 13.6 Å².